The number of carbonyl (C=O) groups is 1. The van der Waals surface area contributed by atoms with Crippen LogP contribution in [0.4, 0.5) is 15.0 Å². The van der Waals surface area contributed by atoms with Gasteiger partial charge >= 0.3 is 6.09 Å². The number of aromatic nitrogens is 3. The minimum atomic E-state index is -2.03. The van der Waals surface area contributed by atoms with Gasteiger partial charge in [0.05, 0.1) is 29.6 Å². The Morgan fingerprint density at radius 3 is 2.38 bits per heavy atom. The SMILES string of the molecule is CCSc1nc(N2C[C@H]3CC[C@@H]([C@H]2[C@H](CC)O[Si](CC)(CC)CC)N3C(=O)OC(C)(C)C)c2c(Br)nc(Cl)c(F)c2n1. The first kappa shape index (κ1) is 33.7. The van der Waals surface area contributed by atoms with Crippen molar-refractivity contribution in [2.24, 2.45) is 0 Å². The highest BCUT2D eigenvalue weighted by Crippen LogP contribution is 2.44. The second kappa shape index (κ2) is 13.4. The summed E-state index contributed by atoms with van der Waals surface area (Å²) in [6, 6.07) is 2.58. The van der Waals surface area contributed by atoms with Crippen LogP contribution in [0, 0.1) is 5.82 Å². The van der Waals surface area contributed by atoms with Crippen molar-refractivity contribution in [1.29, 1.82) is 0 Å². The molecule has 8 nitrogen and oxygen atoms in total. The van der Waals surface area contributed by atoms with E-state index < -0.39 is 19.7 Å². The molecule has 4 heterocycles. The molecule has 2 aromatic heterocycles. The molecule has 0 unspecified atom stereocenters. The maximum Gasteiger partial charge on any atom is 0.410 e. The molecule has 0 saturated carbocycles. The fourth-order valence-electron chi connectivity index (χ4n) is 6.44. The summed E-state index contributed by atoms with van der Waals surface area (Å²) in [6.45, 7) is 17.0. The van der Waals surface area contributed by atoms with Crippen LogP contribution in [-0.2, 0) is 9.16 Å². The minimum Gasteiger partial charge on any atom is -0.444 e. The number of halogens is 3. The van der Waals surface area contributed by atoms with Gasteiger partial charge in [-0.25, -0.2) is 24.1 Å². The van der Waals surface area contributed by atoms with Crippen molar-refractivity contribution in [3.63, 3.8) is 0 Å². The molecule has 234 valence electrons. The van der Waals surface area contributed by atoms with Gasteiger partial charge in [-0.2, -0.15) is 0 Å². The number of nitrogens with zero attached hydrogens (tertiary/aromatic N) is 5. The molecule has 2 aliphatic heterocycles. The lowest BCUT2D eigenvalue weighted by atomic mass is 9.95. The average Bonchev–Trinajstić information content (AvgIpc) is 3.26. The Balaban J connectivity index is 1.93. The lowest BCUT2D eigenvalue weighted by molar-refractivity contribution is -0.00177. The first-order valence-corrected chi connectivity index (χ1v) is 19.8. The molecular formula is C29H44BrClFN5O3SSi. The summed E-state index contributed by atoms with van der Waals surface area (Å²) in [6.07, 6.45) is 1.96. The smallest absolute Gasteiger partial charge is 0.410 e. The number of hydrogen-bond donors (Lipinski definition) is 0. The average molecular weight is 705 g/mol. The van der Waals surface area contributed by atoms with Crippen molar-refractivity contribution < 1.29 is 18.3 Å². The molecule has 2 bridgehead atoms. The molecule has 2 aromatic rings. The Morgan fingerprint density at radius 1 is 1.14 bits per heavy atom. The number of piperazine rings is 1. The van der Waals surface area contributed by atoms with E-state index in [9.17, 15) is 4.79 Å². The zero-order valence-corrected chi connectivity index (χ0v) is 30.1. The van der Waals surface area contributed by atoms with E-state index in [0.29, 0.717) is 27.5 Å². The van der Waals surface area contributed by atoms with E-state index in [1.807, 2.05) is 32.6 Å². The maximum atomic E-state index is 15.5. The monoisotopic (exact) mass is 703 g/mol. The highest BCUT2D eigenvalue weighted by molar-refractivity contribution is 9.10. The van der Waals surface area contributed by atoms with E-state index in [-0.39, 0.29) is 41.0 Å². The Hall–Kier alpha value is -1.21. The largest absolute Gasteiger partial charge is 0.444 e. The maximum absolute atomic E-state index is 15.5. The van der Waals surface area contributed by atoms with Gasteiger partial charge in [0.2, 0.25) is 0 Å². The zero-order chi connectivity index (χ0) is 31.0. The van der Waals surface area contributed by atoms with Gasteiger partial charge in [0.25, 0.3) is 0 Å². The molecule has 0 radical (unpaired) electrons. The number of hydrogen-bond acceptors (Lipinski definition) is 8. The van der Waals surface area contributed by atoms with Crippen LogP contribution in [0.25, 0.3) is 10.9 Å². The van der Waals surface area contributed by atoms with Gasteiger partial charge in [-0.1, -0.05) is 58.0 Å². The van der Waals surface area contributed by atoms with Crippen molar-refractivity contribution in [1.82, 2.24) is 19.9 Å². The molecule has 13 heteroatoms. The number of carbonyl (C=O) groups excluding carboxylic acids is 1. The number of amides is 1. The van der Waals surface area contributed by atoms with Crippen LogP contribution in [-0.4, -0.2) is 76.4 Å². The van der Waals surface area contributed by atoms with Gasteiger partial charge in [0.1, 0.15) is 21.5 Å². The first-order chi connectivity index (χ1) is 19.8. The molecule has 1 amide bonds. The predicted octanol–water partition coefficient (Wildman–Crippen LogP) is 8.45. The van der Waals surface area contributed by atoms with E-state index in [1.165, 1.54) is 11.8 Å². The van der Waals surface area contributed by atoms with E-state index in [1.54, 1.807) is 0 Å². The van der Waals surface area contributed by atoms with Crippen molar-refractivity contribution >= 4 is 70.4 Å². The number of anilines is 1. The second-order valence-corrected chi connectivity index (χ2v) is 19.2. The van der Waals surface area contributed by atoms with Gasteiger partial charge in [-0.15, -0.1) is 0 Å². The molecule has 0 N–H and O–H groups in total. The molecule has 2 fully saturated rings. The molecule has 42 heavy (non-hydrogen) atoms. The summed E-state index contributed by atoms with van der Waals surface area (Å²) < 4.78 is 29.0. The standard InChI is InChI=1S/C29H44BrClFN5O3SSi/c1-9-19(40-42(11-3,12-4)13-5)23-18-15-14-17(37(18)28(38)39-29(6,7)8)16-36(23)26-20-22(33-27(35-26)41-10-2)21(32)25(31)34-24(20)30/h17-19,23H,9-16H2,1-8H3/t17-,18+,19+,23+/m1/s1. The summed E-state index contributed by atoms with van der Waals surface area (Å²) >= 11 is 11.2. The summed E-state index contributed by atoms with van der Waals surface area (Å²) in [7, 11) is -2.03. The zero-order valence-electron chi connectivity index (χ0n) is 26.0. The van der Waals surface area contributed by atoms with E-state index in [0.717, 1.165) is 43.1 Å². The summed E-state index contributed by atoms with van der Waals surface area (Å²) in [4.78, 5) is 31.7. The van der Waals surface area contributed by atoms with Crippen LogP contribution in [0.3, 0.4) is 0 Å². The molecule has 2 aliphatic rings. The van der Waals surface area contributed by atoms with Gasteiger partial charge in [-0.05, 0) is 79.8 Å². The topological polar surface area (TPSA) is 80.7 Å². The Morgan fingerprint density at radius 2 is 1.81 bits per heavy atom. The summed E-state index contributed by atoms with van der Waals surface area (Å²) in [5.74, 6) is 0.655. The molecular weight excluding hydrogens is 661 g/mol. The van der Waals surface area contributed by atoms with Crippen LogP contribution in [0.1, 0.15) is 74.7 Å². The van der Waals surface area contributed by atoms with Crippen LogP contribution < -0.4 is 4.90 Å². The van der Waals surface area contributed by atoms with Crippen LogP contribution >= 0.6 is 39.3 Å². The van der Waals surface area contributed by atoms with Gasteiger partial charge < -0.3 is 14.1 Å². The fraction of sp³-hybridized carbons (Fsp3) is 0.724. The normalized spacial score (nSPS) is 21.7. The highest BCUT2D eigenvalue weighted by atomic mass is 79.9. The van der Waals surface area contributed by atoms with Crippen LogP contribution in [0.2, 0.25) is 23.3 Å². The lowest BCUT2D eigenvalue weighted by Gasteiger charge is -2.51. The second-order valence-electron chi connectivity index (χ2n) is 12.1. The quantitative estimate of drug-likeness (QED) is 0.106. The Bertz CT molecular complexity index is 1290. The third kappa shape index (κ3) is 6.57. The number of fused-ring (bicyclic) bond motifs is 3. The molecule has 0 aromatic carbocycles. The van der Waals surface area contributed by atoms with E-state index in [4.69, 9.17) is 25.7 Å². The van der Waals surface area contributed by atoms with Crippen molar-refractivity contribution in [3.8, 4) is 0 Å². The third-order valence-electron chi connectivity index (χ3n) is 8.64. The van der Waals surface area contributed by atoms with E-state index in [2.05, 4.69) is 58.5 Å². The lowest BCUT2D eigenvalue weighted by Crippen LogP contribution is -2.66. The molecule has 0 aliphatic carbocycles. The number of rotatable bonds is 10. The van der Waals surface area contributed by atoms with Gasteiger partial charge in [0, 0.05) is 6.54 Å². The number of ether oxygens (including phenoxy) is 1. The Kier molecular flexibility index (Phi) is 10.8. The third-order valence-corrected chi connectivity index (χ3v) is 14.9. The van der Waals surface area contributed by atoms with Crippen LogP contribution in [0.5, 0.6) is 0 Å². The molecule has 4 rings (SSSR count). The number of pyridine rings is 1. The molecule has 4 atom stereocenters. The van der Waals surface area contributed by atoms with Gasteiger partial charge in [0.15, 0.2) is 24.4 Å². The minimum absolute atomic E-state index is 0.0830. The summed E-state index contributed by atoms with van der Waals surface area (Å²) in [5.41, 5.74) is -0.474. The summed E-state index contributed by atoms with van der Waals surface area (Å²) in [5, 5.41) is 0.714. The van der Waals surface area contributed by atoms with Gasteiger partial charge in [-0.3, -0.25) is 4.90 Å². The predicted molar refractivity (Wildman–Crippen MR) is 175 cm³/mol. The first-order valence-electron chi connectivity index (χ1n) is 15.1. The van der Waals surface area contributed by atoms with Crippen LogP contribution in [0.15, 0.2) is 9.76 Å². The number of thioether (sulfide) groups is 1. The molecule has 2 saturated heterocycles. The van der Waals surface area contributed by atoms with Crippen molar-refractivity contribution in [2.45, 2.75) is 128 Å². The van der Waals surface area contributed by atoms with E-state index >= 15 is 4.39 Å². The Labute approximate surface area is 268 Å². The fourth-order valence-corrected chi connectivity index (χ4v) is 10.8. The molecule has 0 spiro atoms. The van der Waals surface area contributed by atoms with Crippen molar-refractivity contribution in [3.05, 3.63) is 15.6 Å². The highest BCUT2D eigenvalue weighted by Gasteiger charge is 2.53. The van der Waals surface area contributed by atoms with Crippen molar-refractivity contribution in [2.75, 3.05) is 17.2 Å².